The van der Waals surface area contributed by atoms with Gasteiger partial charge in [0.2, 0.25) is 15.9 Å². The maximum Gasteiger partial charge on any atom is 0.240 e. The smallest absolute Gasteiger partial charge is 0.240 e. The largest absolute Gasteiger partial charge is 0.326 e. The Morgan fingerprint density at radius 3 is 2.35 bits per heavy atom. The number of carbonyl (C=O) groups excluding carboxylic acids is 1. The monoisotopic (exact) mass is 394 g/mol. The van der Waals surface area contributed by atoms with Crippen molar-refractivity contribution in [3.8, 4) is 0 Å². The maximum absolute atomic E-state index is 12.1. The lowest BCUT2D eigenvalue weighted by Gasteiger charge is -2.10. The molecule has 2 aromatic carbocycles. The quantitative estimate of drug-likeness (QED) is 0.747. The lowest BCUT2D eigenvalue weighted by molar-refractivity contribution is -0.116. The van der Waals surface area contributed by atoms with Gasteiger partial charge in [0.1, 0.15) is 0 Å². The highest BCUT2D eigenvalue weighted by atomic mass is 35.5. The van der Waals surface area contributed by atoms with Crippen molar-refractivity contribution in [3.63, 3.8) is 0 Å². The zero-order chi connectivity index (χ0) is 19.3. The van der Waals surface area contributed by atoms with Crippen LogP contribution in [0.3, 0.4) is 0 Å². The Morgan fingerprint density at radius 1 is 1.12 bits per heavy atom. The number of hydrogen-bond donors (Lipinski definition) is 2. The van der Waals surface area contributed by atoms with Crippen molar-refractivity contribution < 1.29 is 13.2 Å². The number of benzene rings is 2. The number of amides is 1. The van der Waals surface area contributed by atoms with Crippen LogP contribution >= 0.6 is 11.6 Å². The summed E-state index contributed by atoms with van der Waals surface area (Å²) in [6, 6.07) is 11.8. The van der Waals surface area contributed by atoms with Gasteiger partial charge in [0.25, 0.3) is 0 Å². The second-order valence-corrected chi connectivity index (χ2v) is 8.55. The Hall–Kier alpha value is -1.89. The number of anilines is 1. The lowest BCUT2D eigenvalue weighted by atomic mass is 10.1. The highest BCUT2D eigenvalue weighted by Crippen LogP contribution is 2.20. The van der Waals surface area contributed by atoms with Crippen LogP contribution in [0.4, 0.5) is 5.69 Å². The molecule has 7 heteroatoms. The number of aryl methyl sites for hydroxylation is 2. The molecule has 0 aliphatic carbocycles. The van der Waals surface area contributed by atoms with Gasteiger partial charge in [0, 0.05) is 23.2 Å². The first-order chi connectivity index (χ1) is 12.2. The number of halogens is 1. The van der Waals surface area contributed by atoms with E-state index in [9.17, 15) is 13.2 Å². The van der Waals surface area contributed by atoms with Crippen molar-refractivity contribution in [2.45, 2.75) is 44.6 Å². The third-order valence-electron chi connectivity index (χ3n) is 3.72. The molecule has 2 rings (SSSR count). The Bertz CT molecular complexity index is 878. The van der Waals surface area contributed by atoms with Crippen LogP contribution < -0.4 is 10.0 Å². The van der Waals surface area contributed by atoms with E-state index in [2.05, 4.69) is 10.0 Å². The van der Waals surface area contributed by atoms with Crippen LogP contribution in [0.25, 0.3) is 0 Å². The summed E-state index contributed by atoms with van der Waals surface area (Å²) in [5.41, 5.74) is 2.50. The molecule has 0 atom stereocenters. The predicted octanol–water partition coefficient (Wildman–Crippen LogP) is 3.91. The predicted molar refractivity (Wildman–Crippen MR) is 105 cm³/mol. The summed E-state index contributed by atoms with van der Waals surface area (Å²) in [7, 11) is -3.50. The molecule has 0 unspecified atom stereocenters. The molecule has 1 amide bonds. The first-order valence-corrected chi connectivity index (χ1v) is 10.2. The van der Waals surface area contributed by atoms with Crippen LogP contribution in [0.1, 0.15) is 31.4 Å². The molecule has 0 bridgehead atoms. The van der Waals surface area contributed by atoms with Gasteiger partial charge in [-0.3, -0.25) is 4.79 Å². The van der Waals surface area contributed by atoms with E-state index in [1.165, 1.54) is 0 Å². The minimum atomic E-state index is -3.50. The van der Waals surface area contributed by atoms with E-state index in [1.807, 2.05) is 13.0 Å². The molecule has 2 aromatic rings. The Kier molecular flexibility index (Phi) is 6.81. The van der Waals surface area contributed by atoms with Crippen molar-refractivity contribution >= 4 is 33.2 Å². The van der Waals surface area contributed by atoms with Gasteiger partial charge >= 0.3 is 0 Å². The number of sulfonamides is 1. The normalized spacial score (nSPS) is 11.6. The van der Waals surface area contributed by atoms with E-state index in [0.29, 0.717) is 23.6 Å². The third-order valence-corrected chi connectivity index (χ3v) is 5.80. The van der Waals surface area contributed by atoms with Crippen LogP contribution in [0.15, 0.2) is 47.4 Å². The van der Waals surface area contributed by atoms with Crippen molar-refractivity contribution in [1.29, 1.82) is 0 Å². The van der Waals surface area contributed by atoms with Crippen LogP contribution in [-0.2, 0) is 21.2 Å². The fraction of sp³-hybridized carbons (Fsp3) is 0.316. The van der Waals surface area contributed by atoms with E-state index in [1.54, 1.807) is 50.2 Å². The second kappa shape index (κ2) is 8.66. The van der Waals surface area contributed by atoms with Gasteiger partial charge in [0.05, 0.1) is 4.90 Å². The molecule has 140 valence electrons. The molecule has 0 aliphatic heterocycles. The van der Waals surface area contributed by atoms with Crippen LogP contribution in [-0.4, -0.2) is 20.4 Å². The summed E-state index contributed by atoms with van der Waals surface area (Å²) >= 11 is 6.05. The maximum atomic E-state index is 12.1. The topological polar surface area (TPSA) is 75.3 Å². The summed E-state index contributed by atoms with van der Waals surface area (Å²) in [6.07, 6.45) is 0.811. The molecule has 0 aliphatic rings. The molecule has 0 radical (unpaired) electrons. The number of rotatable bonds is 7. The number of nitrogens with one attached hydrogen (secondary N) is 2. The van der Waals surface area contributed by atoms with Crippen LogP contribution in [0.5, 0.6) is 0 Å². The van der Waals surface area contributed by atoms with Gasteiger partial charge in [-0.1, -0.05) is 29.8 Å². The minimum absolute atomic E-state index is 0.122. The molecule has 5 nitrogen and oxygen atoms in total. The molecular formula is C19H23ClN2O3S. The molecule has 0 saturated heterocycles. The Labute approximate surface area is 159 Å². The highest BCUT2D eigenvalue weighted by Gasteiger charge is 2.15. The molecule has 2 N–H and O–H groups in total. The first kappa shape index (κ1) is 20.4. The van der Waals surface area contributed by atoms with Gasteiger partial charge in [-0.25, -0.2) is 13.1 Å². The Morgan fingerprint density at radius 2 is 1.77 bits per heavy atom. The van der Waals surface area contributed by atoms with E-state index in [-0.39, 0.29) is 16.8 Å². The average molecular weight is 395 g/mol. The van der Waals surface area contributed by atoms with E-state index >= 15 is 0 Å². The first-order valence-electron chi connectivity index (χ1n) is 8.34. The van der Waals surface area contributed by atoms with Gasteiger partial charge in [-0.2, -0.15) is 0 Å². The zero-order valence-corrected chi connectivity index (χ0v) is 16.6. The number of carbonyl (C=O) groups is 1. The van der Waals surface area contributed by atoms with Gasteiger partial charge in [-0.15, -0.1) is 0 Å². The molecule has 26 heavy (non-hydrogen) atoms. The summed E-state index contributed by atoms with van der Waals surface area (Å²) < 4.78 is 26.7. The van der Waals surface area contributed by atoms with Gasteiger partial charge < -0.3 is 5.32 Å². The highest BCUT2D eigenvalue weighted by molar-refractivity contribution is 7.89. The van der Waals surface area contributed by atoms with Crippen molar-refractivity contribution in [2.75, 3.05) is 5.32 Å². The Balaban J connectivity index is 1.93. The summed E-state index contributed by atoms with van der Waals surface area (Å²) in [6.45, 7) is 5.44. The fourth-order valence-electron chi connectivity index (χ4n) is 2.37. The fourth-order valence-corrected chi connectivity index (χ4v) is 3.80. The molecular weight excluding hydrogens is 372 g/mol. The summed E-state index contributed by atoms with van der Waals surface area (Å²) in [4.78, 5) is 12.3. The third kappa shape index (κ3) is 5.83. The average Bonchev–Trinajstić information content (AvgIpc) is 2.55. The van der Waals surface area contributed by atoms with Gasteiger partial charge in [0.15, 0.2) is 0 Å². The summed E-state index contributed by atoms with van der Waals surface area (Å²) in [5, 5.41) is 3.41. The van der Waals surface area contributed by atoms with E-state index < -0.39 is 10.0 Å². The van der Waals surface area contributed by atoms with Crippen molar-refractivity contribution in [3.05, 3.63) is 58.6 Å². The van der Waals surface area contributed by atoms with Crippen molar-refractivity contribution in [1.82, 2.24) is 4.72 Å². The summed E-state index contributed by atoms with van der Waals surface area (Å²) in [5.74, 6) is -0.122. The molecule has 0 spiro atoms. The molecule has 0 saturated carbocycles. The lowest BCUT2D eigenvalue weighted by Crippen LogP contribution is -2.30. The van der Waals surface area contributed by atoms with Crippen LogP contribution in [0.2, 0.25) is 5.02 Å². The SMILES string of the molecule is Cc1ccc(NC(=O)CCc2ccc(S(=O)(=O)NC(C)C)cc2)cc1Cl. The van der Waals surface area contributed by atoms with E-state index in [0.717, 1.165) is 11.1 Å². The van der Waals surface area contributed by atoms with Crippen molar-refractivity contribution in [2.24, 2.45) is 0 Å². The molecule has 0 heterocycles. The van der Waals surface area contributed by atoms with E-state index in [4.69, 9.17) is 11.6 Å². The van der Waals surface area contributed by atoms with Gasteiger partial charge in [-0.05, 0) is 62.6 Å². The minimum Gasteiger partial charge on any atom is -0.326 e. The zero-order valence-electron chi connectivity index (χ0n) is 15.0. The number of hydrogen-bond acceptors (Lipinski definition) is 3. The second-order valence-electron chi connectivity index (χ2n) is 6.43. The standard InChI is InChI=1S/C19H23ClN2O3S/c1-13(2)22-26(24,25)17-9-5-15(6-10-17)7-11-19(23)21-16-8-4-14(3)18(20)12-16/h4-6,8-10,12-13,22H,7,11H2,1-3H3,(H,21,23). The van der Waals surface area contributed by atoms with Crippen LogP contribution in [0, 0.1) is 6.92 Å². The molecule has 0 fully saturated rings. The molecule has 0 aromatic heterocycles.